The fourth-order valence-corrected chi connectivity index (χ4v) is 4.85. The Morgan fingerprint density at radius 1 is 0.848 bits per heavy atom. The van der Waals surface area contributed by atoms with Crippen LogP contribution in [0, 0.1) is 17.3 Å². The third-order valence-electron chi connectivity index (χ3n) is 6.80. The Morgan fingerprint density at radius 2 is 1.42 bits per heavy atom. The molecule has 3 aromatic carbocycles. The summed E-state index contributed by atoms with van der Waals surface area (Å²) in [5.41, 5.74) is 2.51. The molecule has 1 saturated carbocycles. The van der Waals surface area contributed by atoms with Gasteiger partial charge in [-0.05, 0) is 35.6 Å². The van der Waals surface area contributed by atoms with Gasteiger partial charge in [-0.1, -0.05) is 91.9 Å². The summed E-state index contributed by atoms with van der Waals surface area (Å²) in [6.45, 7) is 3.91. The van der Waals surface area contributed by atoms with E-state index in [9.17, 15) is 14.7 Å². The van der Waals surface area contributed by atoms with Gasteiger partial charge in [0.15, 0.2) is 11.6 Å². The van der Waals surface area contributed by atoms with Gasteiger partial charge < -0.3 is 9.84 Å². The summed E-state index contributed by atoms with van der Waals surface area (Å²) >= 11 is 0. The molecule has 4 nitrogen and oxygen atoms in total. The number of carbonyl (C=O) groups excluding carboxylic acids is 2. The molecule has 170 valence electrons. The summed E-state index contributed by atoms with van der Waals surface area (Å²) in [4.78, 5) is 26.8. The van der Waals surface area contributed by atoms with Gasteiger partial charge in [0.05, 0.1) is 25.2 Å². The van der Waals surface area contributed by atoms with Crippen LogP contribution in [0.1, 0.15) is 37.5 Å². The molecule has 1 fully saturated rings. The fraction of sp³-hybridized carbons (Fsp3) is 0.310. The first-order valence-electron chi connectivity index (χ1n) is 11.5. The molecule has 0 spiro atoms. The van der Waals surface area contributed by atoms with Crippen molar-refractivity contribution in [2.45, 2.75) is 33.0 Å². The topological polar surface area (TPSA) is 63.6 Å². The standard InChI is InChI=1S/C29H30O4/c1-3-24-25(26(30)23-16-14-22(15-17-23)21-12-8-5-9-13-21)28(32)29(2,27(24)31)19-33-18-20-10-6-4-7-11-20/h4-17,24-26,30H,3,18-19H2,1-2H3/t24-,25+,26+,29-/m0/s1. The Morgan fingerprint density at radius 3 is 2.03 bits per heavy atom. The minimum absolute atomic E-state index is 0.0201. The van der Waals surface area contributed by atoms with E-state index in [2.05, 4.69) is 0 Å². The Labute approximate surface area is 195 Å². The molecule has 0 saturated heterocycles. The molecule has 4 rings (SSSR count). The second kappa shape index (κ2) is 9.82. The zero-order chi connectivity index (χ0) is 23.4. The minimum Gasteiger partial charge on any atom is -0.388 e. The smallest absolute Gasteiger partial charge is 0.155 e. The second-order valence-electron chi connectivity index (χ2n) is 9.01. The summed E-state index contributed by atoms with van der Waals surface area (Å²) in [7, 11) is 0. The maximum Gasteiger partial charge on any atom is 0.155 e. The van der Waals surface area contributed by atoms with Gasteiger partial charge in [-0.3, -0.25) is 9.59 Å². The number of aliphatic hydroxyl groups excluding tert-OH is 1. The van der Waals surface area contributed by atoms with Crippen molar-refractivity contribution in [3.8, 4) is 11.1 Å². The van der Waals surface area contributed by atoms with Gasteiger partial charge in [-0.25, -0.2) is 0 Å². The van der Waals surface area contributed by atoms with Gasteiger partial charge >= 0.3 is 0 Å². The number of carbonyl (C=O) groups is 2. The summed E-state index contributed by atoms with van der Waals surface area (Å²) < 4.78 is 5.82. The van der Waals surface area contributed by atoms with Crippen molar-refractivity contribution in [2.24, 2.45) is 17.3 Å². The van der Waals surface area contributed by atoms with E-state index >= 15 is 0 Å². The van der Waals surface area contributed by atoms with Crippen molar-refractivity contribution in [3.05, 3.63) is 96.1 Å². The van der Waals surface area contributed by atoms with Crippen molar-refractivity contribution in [1.29, 1.82) is 0 Å². The van der Waals surface area contributed by atoms with E-state index in [4.69, 9.17) is 4.74 Å². The van der Waals surface area contributed by atoms with Crippen LogP contribution in [-0.4, -0.2) is 23.3 Å². The molecular formula is C29H30O4. The van der Waals surface area contributed by atoms with Crippen LogP contribution in [0.25, 0.3) is 11.1 Å². The molecule has 0 aromatic heterocycles. The first kappa shape index (κ1) is 23.1. The van der Waals surface area contributed by atoms with E-state index < -0.39 is 23.4 Å². The predicted molar refractivity (Wildman–Crippen MR) is 128 cm³/mol. The Bertz CT molecular complexity index is 1090. The summed E-state index contributed by atoms with van der Waals surface area (Å²) in [6, 6.07) is 27.2. The largest absolute Gasteiger partial charge is 0.388 e. The lowest BCUT2D eigenvalue weighted by Crippen LogP contribution is -2.36. The van der Waals surface area contributed by atoms with E-state index in [1.807, 2.05) is 91.9 Å². The van der Waals surface area contributed by atoms with Crippen molar-refractivity contribution in [3.63, 3.8) is 0 Å². The molecule has 0 bridgehead atoms. The molecule has 33 heavy (non-hydrogen) atoms. The quantitative estimate of drug-likeness (QED) is 0.474. The highest BCUT2D eigenvalue weighted by Gasteiger charge is 2.58. The molecule has 1 aliphatic rings. The van der Waals surface area contributed by atoms with Crippen LogP contribution >= 0.6 is 0 Å². The molecule has 4 atom stereocenters. The summed E-state index contributed by atoms with van der Waals surface area (Å²) in [5.74, 6) is -1.65. The minimum atomic E-state index is -1.24. The Hall–Kier alpha value is -3.08. The van der Waals surface area contributed by atoms with Crippen LogP contribution in [0.4, 0.5) is 0 Å². The van der Waals surface area contributed by atoms with Crippen LogP contribution < -0.4 is 0 Å². The van der Waals surface area contributed by atoms with Crippen molar-refractivity contribution in [1.82, 2.24) is 0 Å². The number of aliphatic hydroxyl groups is 1. The van der Waals surface area contributed by atoms with E-state index in [0.717, 1.165) is 16.7 Å². The van der Waals surface area contributed by atoms with E-state index in [0.29, 0.717) is 18.6 Å². The number of Topliss-reactive ketones (excluding diaryl/α,β-unsaturated/α-hetero) is 2. The summed E-state index contributed by atoms with van der Waals surface area (Å²) in [5, 5.41) is 11.2. The number of hydrogen-bond donors (Lipinski definition) is 1. The second-order valence-corrected chi connectivity index (χ2v) is 9.01. The highest BCUT2D eigenvalue weighted by Crippen LogP contribution is 2.46. The van der Waals surface area contributed by atoms with Gasteiger partial charge in [0.25, 0.3) is 0 Å². The molecule has 3 aromatic rings. The van der Waals surface area contributed by atoms with Gasteiger partial charge in [-0.15, -0.1) is 0 Å². The van der Waals surface area contributed by atoms with Crippen molar-refractivity contribution < 1.29 is 19.4 Å². The third-order valence-corrected chi connectivity index (χ3v) is 6.80. The highest BCUT2D eigenvalue weighted by molar-refractivity contribution is 6.15. The van der Waals surface area contributed by atoms with Crippen LogP contribution in [0.3, 0.4) is 0 Å². The van der Waals surface area contributed by atoms with Gasteiger partial charge in [0.2, 0.25) is 0 Å². The molecule has 0 unspecified atom stereocenters. The maximum atomic E-state index is 13.5. The number of ether oxygens (including phenoxy) is 1. The average Bonchev–Trinajstić information content (AvgIpc) is 3.05. The van der Waals surface area contributed by atoms with Crippen LogP contribution in [0.5, 0.6) is 0 Å². The molecule has 1 N–H and O–H groups in total. The highest BCUT2D eigenvalue weighted by atomic mass is 16.5. The summed E-state index contributed by atoms with van der Waals surface area (Å²) in [6.07, 6.45) is -0.532. The van der Waals surface area contributed by atoms with E-state index in [-0.39, 0.29) is 18.2 Å². The predicted octanol–water partition coefficient (Wildman–Crippen LogP) is 5.40. The lowest BCUT2D eigenvalue weighted by atomic mass is 9.83. The van der Waals surface area contributed by atoms with Gasteiger partial charge in [-0.2, -0.15) is 0 Å². The fourth-order valence-electron chi connectivity index (χ4n) is 4.85. The monoisotopic (exact) mass is 442 g/mol. The Balaban J connectivity index is 1.51. The zero-order valence-electron chi connectivity index (χ0n) is 19.1. The first-order valence-corrected chi connectivity index (χ1v) is 11.5. The molecule has 0 heterocycles. The molecule has 0 radical (unpaired) electrons. The molecule has 0 aliphatic heterocycles. The lowest BCUT2D eigenvalue weighted by molar-refractivity contribution is -0.140. The number of rotatable bonds is 8. The molecule has 0 amide bonds. The first-order chi connectivity index (χ1) is 16.0. The van der Waals surface area contributed by atoms with Gasteiger partial charge in [0.1, 0.15) is 5.41 Å². The van der Waals surface area contributed by atoms with E-state index in [1.165, 1.54) is 0 Å². The zero-order valence-corrected chi connectivity index (χ0v) is 19.1. The maximum absolute atomic E-state index is 13.5. The van der Waals surface area contributed by atoms with Crippen LogP contribution in [-0.2, 0) is 20.9 Å². The average molecular weight is 443 g/mol. The SMILES string of the molecule is CC[C@@H]1C(=O)[C@](C)(COCc2ccccc2)C(=O)[C@H]1[C@H](O)c1ccc(-c2ccccc2)cc1. The molecule has 1 aliphatic carbocycles. The number of ketones is 2. The van der Waals surface area contributed by atoms with Crippen molar-refractivity contribution >= 4 is 11.6 Å². The van der Waals surface area contributed by atoms with Crippen LogP contribution in [0.15, 0.2) is 84.9 Å². The molecular weight excluding hydrogens is 412 g/mol. The lowest BCUT2D eigenvalue weighted by Gasteiger charge is -2.23. The van der Waals surface area contributed by atoms with Crippen LogP contribution in [0.2, 0.25) is 0 Å². The number of hydrogen-bond acceptors (Lipinski definition) is 4. The third kappa shape index (κ3) is 4.54. The molecule has 4 heteroatoms. The van der Waals surface area contributed by atoms with E-state index in [1.54, 1.807) is 6.92 Å². The number of benzene rings is 3. The van der Waals surface area contributed by atoms with Gasteiger partial charge in [0, 0.05) is 5.92 Å². The normalized spacial score (nSPS) is 23.6. The Kier molecular flexibility index (Phi) is 6.87. The van der Waals surface area contributed by atoms with Crippen molar-refractivity contribution in [2.75, 3.05) is 6.61 Å².